The van der Waals surface area contributed by atoms with E-state index in [1.807, 2.05) is 0 Å². The van der Waals surface area contributed by atoms with Gasteiger partial charge in [0.1, 0.15) is 5.84 Å². The summed E-state index contributed by atoms with van der Waals surface area (Å²) >= 11 is 0. The summed E-state index contributed by atoms with van der Waals surface area (Å²) in [7, 11) is 0. The van der Waals surface area contributed by atoms with E-state index < -0.39 is 0 Å². The summed E-state index contributed by atoms with van der Waals surface area (Å²) in [5.74, 6) is 1.61. The maximum absolute atomic E-state index is 4.83. The highest BCUT2D eigenvalue weighted by molar-refractivity contribution is 6.00. The van der Waals surface area contributed by atoms with Gasteiger partial charge in [-0.3, -0.25) is 4.99 Å². The Bertz CT molecular complexity index is 759. The molecule has 4 rings (SSSR count). The molecule has 0 radical (unpaired) electrons. The molecule has 24 heavy (non-hydrogen) atoms. The number of aliphatic imine (C=N–C) groups is 1. The van der Waals surface area contributed by atoms with Gasteiger partial charge in [0.2, 0.25) is 0 Å². The monoisotopic (exact) mass is 314 g/mol. The van der Waals surface area contributed by atoms with E-state index in [1.54, 1.807) is 0 Å². The third kappa shape index (κ3) is 2.92. The summed E-state index contributed by atoms with van der Waals surface area (Å²) in [5, 5.41) is 0. The number of hydrogen-bond acceptors (Lipinski definition) is 2. The standard InChI is InChI=1S/C22H22N2/c1-4-10-18(11-5-1)21(19-12-6-2-7-13-19)24-17-16-23-22(24)20-14-8-3-9-15-20/h1-12,14-15,19,21H,13,16-17H2. The van der Waals surface area contributed by atoms with Crippen LogP contribution >= 0.6 is 0 Å². The van der Waals surface area contributed by atoms with Crippen molar-refractivity contribution in [2.45, 2.75) is 12.5 Å². The van der Waals surface area contributed by atoms with Crippen LogP contribution in [0.1, 0.15) is 23.6 Å². The minimum atomic E-state index is 0.328. The maximum Gasteiger partial charge on any atom is 0.131 e. The van der Waals surface area contributed by atoms with E-state index in [0.29, 0.717) is 12.0 Å². The molecule has 2 heteroatoms. The van der Waals surface area contributed by atoms with E-state index in [0.717, 1.165) is 25.3 Å². The molecule has 1 aliphatic heterocycles. The molecular weight excluding hydrogens is 292 g/mol. The van der Waals surface area contributed by atoms with Crippen molar-refractivity contribution in [3.8, 4) is 0 Å². The van der Waals surface area contributed by atoms with Crippen LogP contribution in [-0.4, -0.2) is 23.8 Å². The summed E-state index contributed by atoms with van der Waals surface area (Å²) in [6.45, 7) is 1.86. The predicted octanol–water partition coefficient (Wildman–Crippen LogP) is 4.62. The molecule has 0 N–H and O–H groups in total. The van der Waals surface area contributed by atoms with Crippen molar-refractivity contribution < 1.29 is 0 Å². The normalized spacial score (nSPS) is 20.9. The molecule has 2 aliphatic rings. The number of nitrogens with zero attached hydrogens (tertiary/aromatic N) is 2. The van der Waals surface area contributed by atoms with Gasteiger partial charge in [-0.25, -0.2) is 0 Å². The Morgan fingerprint density at radius 3 is 2.38 bits per heavy atom. The smallest absolute Gasteiger partial charge is 0.131 e. The van der Waals surface area contributed by atoms with Gasteiger partial charge in [0.05, 0.1) is 12.6 Å². The van der Waals surface area contributed by atoms with Crippen LogP contribution in [0.3, 0.4) is 0 Å². The molecule has 0 bridgehead atoms. The van der Waals surface area contributed by atoms with E-state index in [2.05, 4.69) is 89.9 Å². The van der Waals surface area contributed by atoms with Crippen LogP contribution in [0.2, 0.25) is 0 Å². The summed E-state index contributed by atoms with van der Waals surface area (Å²) in [6, 6.07) is 21.8. The third-order valence-electron chi connectivity index (χ3n) is 4.80. The first-order valence-corrected chi connectivity index (χ1v) is 8.68. The second kappa shape index (κ2) is 6.88. The van der Waals surface area contributed by atoms with E-state index >= 15 is 0 Å². The fraction of sp³-hybridized carbons (Fsp3) is 0.227. The first kappa shape index (κ1) is 14.9. The van der Waals surface area contributed by atoms with E-state index in [4.69, 9.17) is 4.99 Å². The van der Waals surface area contributed by atoms with E-state index in [-0.39, 0.29) is 0 Å². The summed E-state index contributed by atoms with van der Waals surface area (Å²) < 4.78 is 0. The lowest BCUT2D eigenvalue weighted by Gasteiger charge is -2.36. The van der Waals surface area contributed by atoms with Crippen molar-refractivity contribution in [1.82, 2.24) is 4.90 Å². The summed E-state index contributed by atoms with van der Waals surface area (Å²) in [6.07, 6.45) is 10.0. The first-order valence-electron chi connectivity index (χ1n) is 8.68. The number of allylic oxidation sites excluding steroid dienone is 3. The van der Waals surface area contributed by atoms with Gasteiger partial charge >= 0.3 is 0 Å². The van der Waals surface area contributed by atoms with Crippen LogP contribution in [-0.2, 0) is 0 Å². The molecule has 2 unspecified atom stereocenters. The van der Waals surface area contributed by atoms with Gasteiger partial charge < -0.3 is 4.90 Å². The molecule has 0 saturated heterocycles. The maximum atomic E-state index is 4.83. The van der Waals surface area contributed by atoms with Gasteiger partial charge in [0.25, 0.3) is 0 Å². The van der Waals surface area contributed by atoms with Crippen LogP contribution < -0.4 is 0 Å². The fourth-order valence-corrected chi connectivity index (χ4v) is 3.72. The van der Waals surface area contributed by atoms with Gasteiger partial charge in [0.15, 0.2) is 0 Å². The average molecular weight is 314 g/mol. The van der Waals surface area contributed by atoms with Crippen molar-refractivity contribution >= 4 is 5.84 Å². The van der Waals surface area contributed by atoms with Crippen molar-refractivity contribution in [3.63, 3.8) is 0 Å². The second-order valence-electron chi connectivity index (χ2n) is 6.33. The topological polar surface area (TPSA) is 15.6 Å². The molecule has 0 aromatic heterocycles. The second-order valence-corrected chi connectivity index (χ2v) is 6.33. The predicted molar refractivity (Wildman–Crippen MR) is 100 cm³/mol. The number of rotatable bonds is 4. The van der Waals surface area contributed by atoms with Crippen LogP contribution in [0.5, 0.6) is 0 Å². The molecule has 1 heterocycles. The average Bonchev–Trinajstić information content (AvgIpc) is 3.14. The zero-order valence-electron chi connectivity index (χ0n) is 13.8. The Kier molecular flexibility index (Phi) is 4.28. The molecule has 0 saturated carbocycles. The van der Waals surface area contributed by atoms with Crippen molar-refractivity contribution in [2.75, 3.05) is 13.1 Å². The lowest BCUT2D eigenvalue weighted by Crippen LogP contribution is -2.36. The Balaban J connectivity index is 1.72. The van der Waals surface area contributed by atoms with Crippen LogP contribution in [0.25, 0.3) is 0 Å². The van der Waals surface area contributed by atoms with Crippen LogP contribution in [0.4, 0.5) is 0 Å². The molecule has 1 aliphatic carbocycles. The van der Waals surface area contributed by atoms with E-state index in [1.165, 1.54) is 11.1 Å². The molecule has 2 aromatic rings. The summed E-state index contributed by atoms with van der Waals surface area (Å²) in [5.41, 5.74) is 2.58. The van der Waals surface area contributed by atoms with Crippen LogP contribution in [0.15, 0.2) is 90.0 Å². The quantitative estimate of drug-likeness (QED) is 0.804. The Morgan fingerprint density at radius 2 is 1.67 bits per heavy atom. The van der Waals surface area contributed by atoms with Gasteiger partial charge in [-0.2, -0.15) is 0 Å². The lowest BCUT2D eigenvalue weighted by atomic mass is 9.86. The number of hydrogen-bond donors (Lipinski definition) is 0. The highest BCUT2D eigenvalue weighted by Gasteiger charge is 2.32. The molecule has 2 atom stereocenters. The minimum absolute atomic E-state index is 0.328. The molecule has 2 aromatic carbocycles. The molecule has 0 fully saturated rings. The van der Waals surface area contributed by atoms with Crippen molar-refractivity contribution in [1.29, 1.82) is 0 Å². The van der Waals surface area contributed by atoms with Crippen LogP contribution in [0, 0.1) is 5.92 Å². The van der Waals surface area contributed by atoms with Gasteiger partial charge in [-0.15, -0.1) is 0 Å². The van der Waals surface area contributed by atoms with Gasteiger partial charge in [-0.1, -0.05) is 85.0 Å². The van der Waals surface area contributed by atoms with Crippen molar-refractivity contribution in [2.24, 2.45) is 10.9 Å². The molecule has 120 valence electrons. The number of benzene rings is 2. The highest BCUT2D eigenvalue weighted by Crippen LogP contribution is 2.36. The molecule has 0 spiro atoms. The molecule has 2 nitrogen and oxygen atoms in total. The SMILES string of the molecule is C1=CCC(C(c2ccccc2)N2CCN=C2c2ccccc2)C=C1. The van der Waals surface area contributed by atoms with Crippen molar-refractivity contribution in [3.05, 3.63) is 96.1 Å². The van der Waals surface area contributed by atoms with Gasteiger partial charge in [0, 0.05) is 18.0 Å². The Labute approximate surface area is 143 Å². The largest absolute Gasteiger partial charge is 0.347 e. The van der Waals surface area contributed by atoms with E-state index in [9.17, 15) is 0 Å². The third-order valence-corrected chi connectivity index (χ3v) is 4.80. The Hall–Kier alpha value is -2.61. The first-order chi connectivity index (χ1) is 11.9. The minimum Gasteiger partial charge on any atom is -0.347 e. The molecular formula is C22H22N2. The fourth-order valence-electron chi connectivity index (χ4n) is 3.72. The number of amidine groups is 1. The highest BCUT2D eigenvalue weighted by atomic mass is 15.3. The zero-order valence-corrected chi connectivity index (χ0v) is 13.8. The molecule has 0 amide bonds. The Morgan fingerprint density at radius 1 is 0.917 bits per heavy atom. The van der Waals surface area contributed by atoms with Gasteiger partial charge in [-0.05, 0) is 12.0 Å². The zero-order chi connectivity index (χ0) is 16.2. The lowest BCUT2D eigenvalue weighted by molar-refractivity contribution is 0.277. The summed E-state index contributed by atoms with van der Waals surface area (Å²) in [4.78, 5) is 7.33.